The molecule has 1 N–H and O–H groups in total. The summed E-state index contributed by atoms with van der Waals surface area (Å²) in [4.78, 5) is 19.2. The Bertz CT molecular complexity index is 584. The van der Waals surface area contributed by atoms with Crippen molar-refractivity contribution in [1.82, 2.24) is 9.80 Å². The van der Waals surface area contributed by atoms with Crippen LogP contribution in [0.5, 0.6) is 0 Å². The van der Waals surface area contributed by atoms with Gasteiger partial charge in [0.1, 0.15) is 0 Å². The second-order valence-corrected chi connectivity index (χ2v) is 7.77. The standard InChI is InChI=1S/C20H30ClN3O2/c21-17-5-4-8-19(15-17)22-9-11-23(12-10-22)20(26)16-24(13-14-25)18-6-2-1-3-7-18/h4-5,8,15,18,25H,1-3,6-7,9-14,16H2. The molecule has 0 spiro atoms. The van der Waals surface area contributed by atoms with Crippen LogP contribution < -0.4 is 4.90 Å². The zero-order valence-electron chi connectivity index (χ0n) is 15.4. The maximum absolute atomic E-state index is 12.8. The molecule has 0 unspecified atom stereocenters. The average Bonchev–Trinajstić information content (AvgIpc) is 2.68. The first-order chi connectivity index (χ1) is 12.7. The smallest absolute Gasteiger partial charge is 0.236 e. The van der Waals surface area contributed by atoms with E-state index in [1.54, 1.807) is 0 Å². The first-order valence-electron chi connectivity index (χ1n) is 9.80. The lowest BCUT2D eigenvalue weighted by molar-refractivity contribution is -0.133. The lowest BCUT2D eigenvalue weighted by Crippen LogP contribution is -2.52. The molecule has 2 aliphatic rings. The molecular weight excluding hydrogens is 350 g/mol. The third-order valence-electron chi connectivity index (χ3n) is 5.62. The largest absolute Gasteiger partial charge is 0.395 e. The minimum atomic E-state index is 0.117. The van der Waals surface area contributed by atoms with Gasteiger partial charge in [-0.15, -0.1) is 0 Å². The summed E-state index contributed by atoms with van der Waals surface area (Å²) in [6.45, 7) is 4.28. The van der Waals surface area contributed by atoms with Crippen molar-refractivity contribution in [1.29, 1.82) is 0 Å². The van der Waals surface area contributed by atoms with Gasteiger partial charge >= 0.3 is 0 Å². The Kier molecular flexibility index (Phi) is 7.17. The van der Waals surface area contributed by atoms with Crippen LogP contribution >= 0.6 is 11.6 Å². The second kappa shape index (κ2) is 9.58. The molecule has 5 nitrogen and oxygen atoms in total. The van der Waals surface area contributed by atoms with Crippen molar-refractivity contribution in [2.24, 2.45) is 0 Å². The number of anilines is 1. The molecule has 6 heteroatoms. The fraction of sp³-hybridized carbons (Fsp3) is 0.650. The Morgan fingerprint density at radius 3 is 2.54 bits per heavy atom. The number of carbonyl (C=O) groups is 1. The molecule has 0 aromatic heterocycles. The third kappa shape index (κ3) is 5.12. The number of carbonyl (C=O) groups excluding carboxylic acids is 1. The van der Waals surface area contributed by atoms with Crippen LogP contribution in [0.25, 0.3) is 0 Å². The maximum atomic E-state index is 12.8. The van der Waals surface area contributed by atoms with E-state index in [-0.39, 0.29) is 12.5 Å². The highest BCUT2D eigenvalue weighted by atomic mass is 35.5. The molecule has 144 valence electrons. The van der Waals surface area contributed by atoms with Crippen molar-refractivity contribution in [2.75, 3.05) is 50.8 Å². The van der Waals surface area contributed by atoms with Crippen molar-refractivity contribution in [2.45, 2.75) is 38.1 Å². The molecule has 1 aliphatic heterocycles. The summed E-state index contributed by atoms with van der Waals surface area (Å²) in [7, 11) is 0. The highest BCUT2D eigenvalue weighted by molar-refractivity contribution is 6.30. The van der Waals surface area contributed by atoms with Crippen LogP contribution in [0.15, 0.2) is 24.3 Å². The van der Waals surface area contributed by atoms with E-state index >= 15 is 0 Å². The molecule has 1 saturated carbocycles. The Morgan fingerprint density at radius 2 is 1.88 bits per heavy atom. The third-order valence-corrected chi connectivity index (χ3v) is 5.86. The quantitative estimate of drug-likeness (QED) is 0.825. The van der Waals surface area contributed by atoms with E-state index in [1.807, 2.05) is 23.1 Å². The number of rotatable bonds is 6. The summed E-state index contributed by atoms with van der Waals surface area (Å²) in [6, 6.07) is 8.34. The molecule has 1 aliphatic carbocycles. The highest BCUT2D eigenvalue weighted by Gasteiger charge is 2.26. The van der Waals surface area contributed by atoms with E-state index in [0.29, 0.717) is 19.1 Å². The van der Waals surface area contributed by atoms with Gasteiger partial charge in [0, 0.05) is 49.5 Å². The number of amides is 1. The van der Waals surface area contributed by atoms with Crippen molar-refractivity contribution in [3.63, 3.8) is 0 Å². The van der Waals surface area contributed by atoms with E-state index in [0.717, 1.165) is 49.7 Å². The first-order valence-corrected chi connectivity index (χ1v) is 10.2. The molecule has 1 aromatic rings. The second-order valence-electron chi connectivity index (χ2n) is 7.33. The molecule has 1 saturated heterocycles. The van der Waals surface area contributed by atoms with Crippen molar-refractivity contribution < 1.29 is 9.90 Å². The van der Waals surface area contributed by atoms with E-state index in [1.165, 1.54) is 19.3 Å². The zero-order valence-corrected chi connectivity index (χ0v) is 16.2. The lowest BCUT2D eigenvalue weighted by atomic mass is 9.94. The fourth-order valence-corrected chi connectivity index (χ4v) is 4.31. The molecule has 26 heavy (non-hydrogen) atoms. The normalized spacial score (nSPS) is 19.2. The molecule has 3 rings (SSSR count). The molecule has 1 heterocycles. The zero-order chi connectivity index (χ0) is 18.4. The van der Waals surface area contributed by atoms with Crippen molar-refractivity contribution in [3.8, 4) is 0 Å². The van der Waals surface area contributed by atoms with Gasteiger partial charge in [-0.2, -0.15) is 0 Å². The molecule has 0 bridgehead atoms. The van der Waals surface area contributed by atoms with Crippen molar-refractivity contribution in [3.05, 3.63) is 29.3 Å². The van der Waals surface area contributed by atoms with Gasteiger partial charge in [0.25, 0.3) is 0 Å². The van der Waals surface area contributed by atoms with Crippen LogP contribution in [-0.4, -0.2) is 72.7 Å². The predicted molar refractivity (Wildman–Crippen MR) is 106 cm³/mol. The fourth-order valence-electron chi connectivity index (χ4n) is 4.13. The van der Waals surface area contributed by atoms with Gasteiger partial charge < -0.3 is 14.9 Å². The van der Waals surface area contributed by atoms with Crippen LogP contribution in [0, 0.1) is 0 Å². The number of hydrogen-bond donors (Lipinski definition) is 1. The molecule has 2 fully saturated rings. The molecule has 0 atom stereocenters. The van der Waals surface area contributed by atoms with E-state index in [9.17, 15) is 9.90 Å². The summed E-state index contributed by atoms with van der Waals surface area (Å²) in [5, 5.41) is 10.1. The van der Waals surface area contributed by atoms with Gasteiger partial charge in [0.2, 0.25) is 5.91 Å². The van der Waals surface area contributed by atoms with Crippen LogP contribution in [-0.2, 0) is 4.79 Å². The highest BCUT2D eigenvalue weighted by Crippen LogP contribution is 2.23. The van der Waals surface area contributed by atoms with E-state index in [2.05, 4.69) is 15.9 Å². The van der Waals surface area contributed by atoms with Gasteiger partial charge in [-0.05, 0) is 31.0 Å². The minimum Gasteiger partial charge on any atom is -0.395 e. The predicted octanol–water partition coefficient (Wildman–Crippen LogP) is 2.62. The number of nitrogens with zero attached hydrogens (tertiary/aromatic N) is 3. The van der Waals surface area contributed by atoms with Crippen molar-refractivity contribution >= 4 is 23.2 Å². The molecule has 1 amide bonds. The van der Waals surface area contributed by atoms with Gasteiger partial charge in [0.15, 0.2) is 0 Å². The lowest BCUT2D eigenvalue weighted by Gasteiger charge is -2.38. The molecule has 1 aromatic carbocycles. The van der Waals surface area contributed by atoms with E-state index in [4.69, 9.17) is 11.6 Å². The molecule has 0 radical (unpaired) electrons. The summed E-state index contributed by atoms with van der Waals surface area (Å²) in [6.07, 6.45) is 6.06. The number of aliphatic hydroxyl groups is 1. The SMILES string of the molecule is O=C(CN(CCO)C1CCCCC1)N1CCN(c2cccc(Cl)c2)CC1. The minimum absolute atomic E-state index is 0.117. The first kappa shape index (κ1) is 19.5. The van der Waals surface area contributed by atoms with Crippen LogP contribution in [0.1, 0.15) is 32.1 Å². The number of piperazine rings is 1. The topological polar surface area (TPSA) is 47.0 Å². The van der Waals surface area contributed by atoms with Gasteiger partial charge in [-0.25, -0.2) is 0 Å². The summed E-state index contributed by atoms with van der Waals surface area (Å²) in [5.41, 5.74) is 1.12. The van der Waals surface area contributed by atoms with Crippen LogP contribution in [0.4, 0.5) is 5.69 Å². The number of hydrogen-bond acceptors (Lipinski definition) is 4. The summed E-state index contributed by atoms with van der Waals surface area (Å²) in [5.74, 6) is 0.190. The van der Waals surface area contributed by atoms with Gasteiger partial charge in [-0.3, -0.25) is 9.69 Å². The summed E-state index contributed by atoms with van der Waals surface area (Å²) >= 11 is 6.09. The molecular formula is C20H30ClN3O2. The van der Waals surface area contributed by atoms with Gasteiger partial charge in [0.05, 0.1) is 13.2 Å². The summed E-state index contributed by atoms with van der Waals surface area (Å²) < 4.78 is 0. The maximum Gasteiger partial charge on any atom is 0.236 e. The average molecular weight is 380 g/mol. The van der Waals surface area contributed by atoms with E-state index < -0.39 is 0 Å². The monoisotopic (exact) mass is 379 g/mol. The number of aliphatic hydroxyl groups excluding tert-OH is 1. The Labute approximate surface area is 161 Å². The van der Waals surface area contributed by atoms with Gasteiger partial charge in [-0.1, -0.05) is 36.9 Å². The number of halogens is 1. The Balaban J connectivity index is 1.52. The Hall–Kier alpha value is -1.30. The van der Waals surface area contributed by atoms with Crippen LogP contribution in [0.2, 0.25) is 5.02 Å². The van der Waals surface area contributed by atoms with Crippen LogP contribution in [0.3, 0.4) is 0 Å². The number of benzene rings is 1. The Morgan fingerprint density at radius 1 is 1.15 bits per heavy atom.